The number of nitrogens with zero attached hydrogens (tertiary/aromatic N) is 3. The Bertz CT molecular complexity index is 1120. The van der Waals surface area contributed by atoms with Gasteiger partial charge in [-0.1, -0.05) is 11.8 Å². The van der Waals surface area contributed by atoms with Crippen molar-refractivity contribution in [2.24, 2.45) is 0 Å². The lowest BCUT2D eigenvalue weighted by Gasteiger charge is -2.10. The molecule has 1 amide bonds. The van der Waals surface area contributed by atoms with Crippen molar-refractivity contribution in [3.05, 3.63) is 60.8 Å². The molecule has 3 heterocycles. The molecule has 4 aromatic rings. The van der Waals surface area contributed by atoms with E-state index in [1.54, 1.807) is 57.1 Å². The molecule has 1 N–H and O–H groups in total. The SMILES string of the molecule is COc1cc(NC(=O)CSc2nnc(-c3ccco3)n2Cc2ccco2)cc(OC)c1. The number of methoxy groups -OCH3 is 2. The van der Waals surface area contributed by atoms with Crippen LogP contribution in [0.25, 0.3) is 11.6 Å². The summed E-state index contributed by atoms with van der Waals surface area (Å²) in [6.07, 6.45) is 3.18. The maximum atomic E-state index is 12.5. The molecule has 1 aromatic carbocycles. The third-order valence-corrected chi connectivity index (χ3v) is 5.29. The zero-order valence-corrected chi connectivity index (χ0v) is 17.7. The van der Waals surface area contributed by atoms with Crippen LogP contribution in [0.15, 0.2) is 69.0 Å². The number of amides is 1. The van der Waals surface area contributed by atoms with E-state index in [4.69, 9.17) is 18.3 Å². The molecule has 0 spiro atoms. The number of benzene rings is 1. The molecule has 0 saturated heterocycles. The molecule has 9 nitrogen and oxygen atoms in total. The topological polar surface area (TPSA) is 105 Å². The van der Waals surface area contributed by atoms with Crippen LogP contribution in [0, 0.1) is 0 Å². The zero-order chi connectivity index (χ0) is 21.6. The normalized spacial score (nSPS) is 10.8. The zero-order valence-electron chi connectivity index (χ0n) is 16.9. The van der Waals surface area contributed by atoms with E-state index in [0.29, 0.717) is 40.5 Å². The minimum absolute atomic E-state index is 0.133. The molecule has 10 heteroatoms. The van der Waals surface area contributed by atoms with Crippen molar-refractivity contribution in [1.29, 1.82) is 0 Å². The van der Waals surface area contributed by atoms with Crippen LogP contribution in [0.2, 0.25) is 0 Å². The average Bonchev–Trinajstić information content (AvgIpc) is 3.54. The molecule has 3 aromatic heterocycles. The van der Waals surface area contributed by atoms with Crippen molar-refractivity contribution in [2.45, 2.75) is 11.7 Å². The van der Waals surface area contributed by atoms with E-state index in [2.05, 4.69) is 15.5 Å². The van der Waals surface area contributed by atoms with Crippen LogP contribution < -0.4 is 14.8 Å². The van der Waals surface area contributed by atoms with Crippen LogP contribution in [-0.2, 0) is 11.3 Å². The van der Waals surface area contributed by atoms with Gasteiger partial charge in [0, 0.05) is 23.9 Å². The quantitative estimate of drug-likeness (QED) is 0.391. The first kappa shape index (κ1) is 20.6. The van der Waals surface area contributed by atoms with Gasteiger partial charge < -0.3 is 23.6 Å². The third kappa shape index (κ3) is 4.92. The summed E-state index contributed by atoms with van der Waals surface area (Å²) in [5, 5.41) is 11.9. The highest BCUT2D eigenvalue weighted by Gasteiger charge is 2.18. The first-order valence-electron chi connectivity index (χ1n) is 9.31. The van der Waals surface area contributed by atoms with Crippen LogP contribution in [0.5, 0.6) is 11.5 Å². The van der Waals surface area contributed by atoms with Gasteiger partial charge >= 0.3 is 0 Å². The minimum Gasteiger partial charge on any atom is -0.497 e. The third-order valence-electron chi connectivity index (χ3n) is 4.32. The Labute approximate surface area is 182 Å². The van der Waals surface area contributed by atoms with Gasteiger partial charge in [-0.2, -0.15) is 0 Å². The van der Waals surface area contributed by atoms with Crippen LogP contribution in [-0.4, -0.2) is 40.6 Å². The molecule has 160 valence electrons. The highest BCUT2D eigenvalue weighted by Crippen LogP contribution is 2.28. The molecule has 0 bridgehead atoms. The van der Waals surface area contributed by atoms with Gasteiger partial charge in [0.05, 0.1) is 39.0 Å². The molecule has 0 aliphatic rings. The fraction of sp³-hybridized carbons (Fsp3) is 0.190. The first-order valence-corrected chi connectivity index (χ1v) is 10.3. The number of hydrogen-bond acceptors (Lipinski definition) is 8. The van der Waals surface area contributed by atoms with Crippen LogP contribution in [0.3, 0.4) is 0 Å². The number of furan rings is 2. The number of carbonyl (C=O) groups excluding carboxylic acids is 1. The van der Waals surface area contributed by atoms with Crippen LogP contribution in [0.1, 0.15) is 5.76 Å². The molecule has 4 rings (SSSR count). The predicted molar refractivity (Wildman–Crippen MR) is 114 cm³/mol. The van der Waals surface area contributed by atoms with Gasteiger partial charge in [-0.25, -0.2) is 0 Å². The lowest BCUT2D eigenvalue weighted by atomic mass is 10.2. The van der Waals surface area contributed by atoms with Gasteiger partial charge in [-0.15, -0.1) is 10.2 Å². The van der Waals surface area contributed by atoms with E-state index in [1.165, 1.54) is 11.8 Å². The van der Waals surface area contributed by atoms with Gasteiger partial charge in [0.15, 0.2) is 10.9 Å². The van der Waals surface area contributed by atoms with Gasteiger partial charge in [0.25, 0.3) is 0 Å². The Morgan fingerprint density at radius 1 is 1.06 bits per heavy atom. The fourth-order valence-electron chi connectivity index (χ4n) is 2.89. The fourth-order valence-corrected chi connectivity index (χ4v) is 3.63. The summed E-state index contributed by atoms with van der Waals surface area (Å²) in [5.74, 6) is 2.98. The first-order chi connectivity index (χ1) is 15.2. The van der Waals surface area contributed by atoms with Crippen molar-refractivity contribution in [3.8, 4) is 23.1 Å². The molecule has 0 fully saturated rings. The van der Waals surface area contributed by atoms with E-state index in [0.717, 1.165) is 5.76 Å². The van der Waals surface area contributed by atoms with Crippen molar-refractivity contribution < 1.29 is 23.1 Å². The maximum Gasteiger partial charge on any atom is 0.234 e. The van der Waals surface area contributed by atoms with Crippen molar-refractivity contribution in [3.63, 3.8) is 0 Å². The van der Waals surface area contributed by atoms with Gasteiger partial charge in [-0.05, 0) is 24.3 Å². The number of thioether (sulfide) groups is 1. The monoisotopic (exact) mass is 440 g/mol. The smallest absolute Gasteiger partial charge is 0.234 e. The second kappa shape index (κ2) is 9.43. The van der Waals surface area contributed by atoms with Gasteiger partial charge in [-0.3, -0.25) is 9.36 Å². The number of aromatic nitrogens is 3. The van der Waals surface area contributed by atoms with Crippen molar-refractivity contribution in [1.82, 2.24) is 14.8 Å². The number of carbonyl (C=O) groups is 1. The Kier molecular flexibility index (Phi) is 6.27. The number of ether oxygens (including phenoxy) is 2. The molecule has 31 heavy (non-hydrogen) atoms. The van der Waals surface area contributed by atoms with Crippen molar-refractivity contribution >= 4 is 23.4 Å². The molecular weight excluding hydrogens is 420 g/mol. The standard InChI is InChI=1S/C21H20N4O5S/c1-27-16-9-14(10-17(11-16)28-2)22-19(26)13-31-21-24-23-20(18-6-4-8-30-18)25(21)12-15-5-3-7-29-15/h3-11H,12-13H2,1-2H3,(H,22,26). The number of nitrogens with one attached hydrogen (secondary N) is 1. The second-order valence-electron chi connectivity index (χ2n) is 6.39. The van der Waals surface area contributed by atoms with E-state index in [-0.39, 0.29) is 11.7 Å². The summed E-state index contributed by atoms with van der Waals surface area (Å²) in [4.78, 5) is 12.5. The summed E-state index contributed by atoms with van der Waals surface area (Å²) in [5.41, 5.74) is 0.579. The number of hydrogen-bond donors (Lipinski definition) is 1. The molecule has 0 aliphatic heterocycles. The minimum atomic E-state index is -0.201. The number of anilines is 1. The van der Waals surface area contributed by atoms with E-state index in [9.17, 15) is 4.79 Å². The average molecular weight is 440 g/mol. The van der Waals surface area contributed by atoms with Gasteiger partial charge in [0.2, 0.25) is 11.7 Å². The van der Waals surface area contributed by atoms with E-state index < -0.39 is 0 Å². The Hall–Kier alpha value is -3.66. The van der Waals surface area contributed by atoms with Crippen LogP contribution >= 0.6 is 11.8 Å². The Morgan fingerprint density at radius 3 is 2.45 bits per heavy atom. The summed E-state index contributed by atoms with van der Waals surface area (Å²) in [6.45, 7) is 0.410. The van der Waals surface area contributed by atoms with E-state index >= 15 is 0 Å². The van der Waals surface area contributed by atoms with Crippen LogP contribution in [0.4, 0.5) is 5.69 Å². The largest absolute Gasteiger partial charge is 0.497 e. The Balaban J connectivity index is 1.48. The highest BCUT2D eigenvalue weighted by atomic mass is 32.2. The Morgan fingerprint density at radius 2 is 1.81 bits per heavy atom. The molecule has 0 saturated carbocycles. The number of rotatable bonds is 9. The molecule has 0 atom stereocenters. The second-order valence-corrected chi connectivity index (χ2v) is 7.33. The molecular formula is C21H20N4O5S. The molecule has 0 aliphatic carbocycles. The lowest BCUT2D eigenvalue weighted by molar-refractivity contribution is -0.113. The van der Waals surface area contributed by atoms with Crippen molar-refractivity contribution in [2.75, 3.05) is 25.3 Å². The molecule has 0 unspecified atom stereocenters. The maximum absolute atomic E-state index is 12.5. The summed E-state index contributed by atoms with van der Waals surface area (Å²) in [6, 6.07) is 12.4. The van der Waals surface area contributed by atoms with E-state index in [1.807, 2.05) is 16.7 Å². The summed E-state index contributed by atoms with van der Waals surface area (Å²) < 4.78 is 23.3. The van der Waals surface area contributed by atoms with Gasteiger partial charge in [0.1, 0.15) is 17.3 Å². The lowest BCUT2D eigenvalue weighted by Crippen LogP contribution is -2.15. The predicted octanol–water partition coefficient (Wildman–Crippen LogP) is 3.93. The highest BCUT2D eigenvalue weighted by molar-refractivity contribution is 7.99. The summed E-state index contributed by atoms with van der Waals surface area (Å²) in [7, 11) is 3.11. The molecule has 0 radical (unpaired) electrons. The summed E-state index contributed by atoms with van der Waals surface area (Å²) >= 11 is 1.27.